The van der Waals surface area contributed by atoms with Crippen LogP contribution in [-0.2, 0) is 16.9 Å². The van der Waals surface area contributed by atoms with E-state index in [4.69, 9.17) is 9.15 Å². The maximum Gasteiger partial charge on any atom is 0.409 e. The lowest BCUT2D eigenvalue weighted by molar-refractivity contribution is 0.0566. The zero-order valence-corrected chi connectivity index (χ0v) is 22.8. The van der Waals surface area contributed by atoms with Gasteiger partial charge in [0.2, 0.25) is 5.89 Å². The summed E-state index contributed by atoms with van der Waals surface area (Å²) in [5.41, 5.74) is 3.53. The van der Waals surface area contributed by atoms with Crippen LogP contribution in [0.25, 0.3) is 5.69 Å². The van der Waals surface area contributed by atoms with Gasteiger partial charge in [0, 0.05) is 32.6 Å². The lowest BCUT2D eigenvalue weighted by Crippen LogP contribution is -2.50. The van der Waals surface area contributed by atoms with Crippen molar-refractivity contribution in [3.05, 3.63) is 89.4 Å². The summed E-state index contributed by atoms with van der Waals surface area (Å²) >= 11 is 1.45. The first-order valence-corrected chi connectivity index (χ1v) is 13.8. The third-order valence-electron chi connectivity index (χ3n) is 6.45. The van der Waals surface area contributed by atoms with Crippen LogP contribution in [0, 0.1) is 6.92 Å². The number of thioether (sulfide) groups is 1. The lowest BCUT2D eigenvalue weighted by atomic mass is 10.1. The first kappa shape index (κ1) is 26.5. The Morgan fingerprint density at radius 3 is 2.44 bits per heavy atom. The van der Waals surface area contributed by atoms with Gasteiger partial charge in [0.15, 0.2) is 10.9 Å². The summed E-state index contributed by atoms with van der Waals surface area (Å²) in [7, 11) is 0. The Morgan fingerprint density at radius 2 is 1.69 bits per heavy atom. The highest BCUT2D eigenvalue weighted by atomic mass is 32.2. The predicted octanol–water partition coefficient (Wildman–Crippen LogP) is 4.36. The first-order valence-electron chi connectivity index (χ1n) is 12.9. The number of piperazine rings is 1. The molecule has 2 amide bonds. The molecule has 0 radical (unpaired) electrons. The lowest BCUT2D eigenvalue weighted by Gasteiger charge is -2.33. The van der Waals surface area contributed by atoms with Crippen molar-refractivity contribution in [2.45, 2.75) is 31.2 Å². The molecule has 0 unspecified atom stereocenters. The van der Waals surface area contributed by atoms with Gasteiger partial charge in [0.25, 0.3) is 5.91 Å². The minimum atomic E-state index is -0.351. The summed E-state index contributed by atoms with van der Waals surface area (Å²) in [4.78, 5) is 32.6. The summed E-state index contributed by atoms with van der Waals surface area (Å²) in [6, 6.07) is 18.3. The monoisotopic (exact) mass is 546 g/mol. The van der Waals surface area contributed by atoms with E-state index in [-0.39, 0.29) is 17.7 Å². The van der Waals surface area contributed by atoms with E-state index in [9.17, 15) is 9.59 Å². The first-order chi connectivity index (χ1) is 19.0. The van der Waals surface area contributed by atoms with Gasteiger partial charge < -0.3 is 19.0 Å². The Hall–Kier alpha value is -4.12. The van der Waals surface area contributed by atoms with Gasteiger partial charge in [0.05, 0.1) is 18.0 Å². The standard InChI is InChI=1S/C28H30N6O4S/c1-3-37-28(36)33-15-13-32(14-16-33)26(35)22-18-38-25(29-22)19-39-27-31-30-24(17-21-10-5-4-6-11-21)34(27)23-12-8-7-9-20(23)2/h4-12,18H,3,13-17,19H2,1-2H3. The number of para-hydroxylation sites is 1. The topological polar surface area (TPSA) is 107 Å². The maximum absolute atomic E-state index is 13.0. The van der Waals surface area contributed by atoms with Gasteiger partial charge in [-0.25, -0.2) is 9.78 Å². The zero-order chi connectivity index (χ0) is 27.2. The minimum Gasteiger partial charge on any atom is -0.450 e. The Balaban J connectivity index is 1.27. The fourth-order valence-electron chi connectivity index (χ4n) is 4.41. The van der Waals surface area contributed by atoms with Crippen molar-refractivity contribution >= 4 is 23.8 Å². The summed E-state index contributed by atoms with van der Waals surface area (Å²) in [5, 5.41) is 9.71. The van der Waals surface area contributed by atoms with Gasteiger partial charge in [-0.2, -0.15) is 0 Å². The SMILES string of the molecule is CCOC(=O)N1CCN(C(=O)c2coc(CSc3nnc(Cc4ccccc4)n3-c3ccccc3C)n2)CC1. The quantitative estimate of drug-likeness (QED) is 0.300. The molecular weight excluding hydrogens is 516 g/mol. The van der Waals surface area contributed by atoms with E-state index in [2.05, 4.69) is 50.9 Å². The van der Waals surface area contributed by atoms with E-state index in [0.717, 1.165) is 27.8 Å². The van der Waals surface area contributed by atoms with Crippen molar-refractivity contribution in [3.63, 3.8) is 0 Å². The zero-order valence-electron chi connectivity index (χ0n) is 21.9. The number of amides is 2. The molecule has 2 aromatic carbocycles. The summed E-state index contributed by atoms with van der Waals surface area (Å²) < 4.78 is 12.8. The van der Waals surface area contributed by atoms with Crippen LogP contribution in [0.4, 0.5) is 4.79 Å². The molecule has 202 valence electrons. The maximum atomic E-state index is 13.0. The average Bonchev–Trinajstić information content (AvgIpc) is 3.60. The van der Waals surface area contributed by atoms with E-state index in [1.54, 1.807) is 16.7 Å². The number of oxazole rings is 1. The molecule has 11 heteroatoms. The van der Waals surface area contributed by atoms with E-state index in [1.165, 1.54) is 18.0 Å². The molecule has 5 rings (SSSR count). The molecule has 4 aromatic rings. The molecule has 2 aromatic heterocycles. The Kier molecular flexibility index (Phi) is 8.26. The molecule has 1 fully saturated rings. The van der Waals surface area contributed by atoms with Crippen molar-refractivity contribution in [2.24, 2.45) is 0 Å². The normalized spacial score (nSPS) is 13.5. The number of hydrogen-bond acceptors (Lipinski definition) is 8. The number of aryl methyl sites for hydroxylation is 1. The summed E-state index contributed by atoms with van der Waals surface area (Å²) in [5.74, 6) is 1.44. The average molecular weight is 547 g/mol. The number of ether oxygens (including phenoxy) is 1. The molecule has 39 heavy (non-hydrogen) atoms. The number of nitrogens with zero attached hydrogens (tertiary/aromatic N) is 6. The second-order valence-electron chi connectivity index (χ2n) is 9.08. The molecule has 0 N–H and O–H groups in total. The Bertz CT molecular complexity index is 1430. The number of rotatable bonds is 8. The number of hydrogen-bond donors (Lipinski definition) is 0. The fraction of sp³-hybridized carbons (Fsp3) is 0.321. The fourth-order valence-corrected chi connectivity index (χ4v) is 5.23. The van der Waals surface area contributed by atoms with Crippen molar-refractivity contribution in [2.75, 3.05) is 32.8 Å². The smallest absolute Gasteiger partial charge is 0.409 e. The molecule has 0 aliphatic carbocycles. The van der Waals surface area contributed by atoms with Crippen molar-refractivity contribution < 1.29 is 18.7 Å². The van der Waals surface area contributed by atoms with Gasteiger partial charge >= 0.3 is 6.09 Å². The highest BCUT2D eigenvalue weighted by Gasteiger charge is 2.27. The van der Waals surface area contributed by atoms with E-state index in [1.807, 2.05) is 30.3 Å². The van der Waals surface area contributed by atoms with Crippen molar-refractivity contribution in [3.8, 4) is 5.69 Å². The molecule has 1 aliphatic heterocycles. The second-order valence-corrected chi connectivity index (χ2v) is 10.0. The van der Waals surface area contributed by atoms with Crippen LogP contribution in [-0.4, -0.2) is 74.3 Å². The highest BCUT2D eigenvalue weighted by Crippen LogP contribution is 2.28. The summed E-state index contributed by atoms with van der Waals surface area (Å²) in [6.07, 6.45) is 1.68. The van der Waals surface area contributed by atoms with Gasteiger partial charge in [-0.05, 0) is 31.0 Å². The van der Waals surface area contributed by atoms with Gasteiger partial charge in [-0.15, -0.1) is 10.2 Å². The number of benzene rings is 2. The molecule has 0 atom stereocenters. The van der Waals surface area contributed by atoms with Gasteiger partial charge in [-0.3, -0.25) is 9.36 Å². The summed E-state index contributed by atoms with van der Waals surface area (Å²) in [6.45, 7) is 5.84. The highest BCUT2D eigenvalue weighted by molar-refractivity contribution is 7.98. The van der Waals surface area contributed by atoms with E-state index >= 15 is 0 Å². The van der Waals surface area contributed by atoms with Crippen molar-refractivity contribution in [1.29, 1.82) is 0 Å². The number of carbonyl (C=O) groups is 2. The molecular formula is C28H30N6O4S. The van der Waals surface area contributed by atoms with Crippen LogP contribution in [0.5, 0.6) is 0 Å². The van der Waals surface area contributed by atoms with Crippen LogP contribution >= 0.6 is 11.8 Å². The minimum absolute atomic E-state index is 0.216. The molecule has 3 heterocycles. The van der Waals surface area contributed by atoms with Gasteiger partial charge in [-0.1, -0.05) is 60.3 Å². The third-order valence-corrected chi connectivity index (χ3v) is 7.36. The molecule has 10 nitrogen and oxygen atoms in total. The molecule has 1 aliphatic rings. The Morgan fingerprint density at radius 1 is 0.974 bits per heavy atom. The molecule has 0 spiro atoms. The van der Waals surface area contributed by atoms with Crippen molar-refractivity contribution in [1.82, 2.24) is 29.5 Å². The van der Waals surface area contributed by atoms with Gasteiger partial charge in [0.1, 0.15) is 12.1 Å². The number of aromatic nitrogens is 4. The largest absolute Gasteiger partial charge is 0.450 e. The van der Waals surface area contributed by atoms with Crippen LogP contribution in [0.2, 0.25) is 0 Å². The van der Waals surface area contributed by atoms with Crippen LogP contribution < -0.4 is 0 Å². The van der Waals surface area contributed by atoms with E-state index < -0.39 is 0 Å². The molecule has 0 bridgehead atoms. The third kappa shape index (κ3) is 6.14. The molecule has 0 saturated carbocycles. The van der Waals surface area contributed by atoms with Crippen LogP contribution in [0.15, 0.2) is 70.4 Å². The van der Waals surface area contributed by atoms with Crippen LogP contribution in [0.1, 0.15) is 40.3 Å². The van der Waals surface area contributed by atoms with Crippen LogP contribution in [0.3, 0.4) is 0 Å². The molecule has 1 saturated heterocycles. The Labute approximate surface area is 231 Å². The second kappa shape index (κ2) is 12.2. The number of carbonyl (C=O) groups excluding carboxylic acids is 2. The van der Waals surface area contributed by atoms with E-state index in [0.29, 0.717) is 50.9 Å². The predicted molar refractivity (Wildman–Crippen MR) is 146 cm³/mol.